The van der Waals surface area contributed by atoms with Crippen LogP contribution in [0.4, 0.5) is 0 Å². The van der Waals surface area contributed by atoms with Gasteiger partial charge in [0.15, 0.2) is 0 Å². The van der Waals surface area contributed by atoms with Crippen LogP contribution < -0.4 is 0 Å². The molecule has 0 unspecified atom stereocenters. The molecule has 0 rings (SSSR count). The summed E-state index contributed by atoms with van der Waals surface area (Å²) in [7, 11) is 0. The first kappa shape index (κ1) is 29.2. The lowest BCUT2D eigenvalue weighted by Crippen LogP contribution is -1.83. The molecule has 0 spiro atoms. The molecule has 0 aliphatic heterocycles. The van der Waals surface area contributed by atoms with E-state index in [1.54, 1.807) is 0 Å². The van der Waals surface area contributed by atoms with Crippen molar-refractivity contribution in [1.82, 2.24) is 0 Å². The highest BCUT2D eigenvalue weighted by Gasteiger charge is 1.90. The Bertz CT molecular complexity index is 251. The van der Waals surface area contributed by atoms with Gasteiger partial charge in [0, 0.05) is 6.54 Å². The van der Waals surface area contributed by atoms with Crippen LogP contribution >= 0.6 is 0 Å². The number of allylic oxidation sites excluding steroid dienone is 3. The summed E-state index contributed by atoms with van der Waals surface area (Å²) in [5.41, 5.74) is 2.48. The minimum absolute atomic E-state index is 0.640. The van der Waals surface area contributed by atoms with Crippen LogP contribution in [0.3, 0.4) is 0 Å². The van der Waals surface area contributed by atoms with E-state index in [0.29, 0.717) is 5.92 Å². The lowest BCUT2D eigenvalue weighted by molar-refractivity contribution is 0.626. The van der Waals surface area contributed by atoms with Crippen molar-refractivity contribution in [2.75, 3.05) is 6.54 Å². The van der Waals surface area contributed by atoms with Crippen molar-refractivity contribution in [3.63, 3.8) is 0 Å². The number of nitrogens with zero attached hydrogens (tertiary/aromatic N) is 1. The van der Waals surface area contributed by atoms with E-state index in [0.717, 1.165) is 18.9 Å². The maximum atomic E-state index is 3.97. The molecule has 0 aromatic rings. The van der Waals surface area contributed by atoms with Gasteiger partial charge in [-0.15, -0.1) is 0 Å². The van der Waals surface area contributed by atoms with E-state index in [1.165, 1.54) is 17.6 Å². The summed E-state index contributed by atoms with van der Waals surface area (Å²) in [6.45, 7) is 28.0. The zero-order chi connectivity index (χ0) is 18.6. The van der Waals surface area contributed by atoms with Crippen LogP contribution in [0.5, 0.6) is 0 Å². The third-order valence-electron chi connectivity index (χ3n) is 2.57. The highest BCUT2D eigenvalue weighted by Crippen LogP contribution is 2.08. The van der Waals surface area contributed by atoms with E-state index >= 15 is 0 Å². The average Bonchev–Trinajstić information content (AvgIpc) is 2.47. The van der Waals surface area contributed by atoms with E-state index in [4.69, 9.17) is 0 Å². The first-order valence-electron chi connectivity index (χ1n) is 9.05. The van der Waals surface area contributed by atoms with Gasteiger partial charge in [-0.05, 0) is 45.2 Å². The fraction of sp³-hybridized carbons (Fsp3) is 0.762. The highest BCUT2D eigenvalue weighted by molar-refractivity contribution is 5.56. The predicted octanol–water partition coefficient (Wildman–Crippen LogP) is 7.73. The Morgan fingerprint density at radius 1 is 1.00 bits per heavy atom. The summed E-state index contributed by atoms with van der Waals surface area (Å²) in [6, 6.07) is 0. The van der Waals surface area contributed by atoms with Gasteiger partial charge >= 0.3 is 0 Å². The first-order valence-corrected chi connectivity index (χ1v) is 9.05. The predicted molar refractivity (Wildman–Crippen MR) is 109 cm³/mol. The molecule has 0 saturated carbocycles. The molecule has 0 amide bonds. The van der Waals surface area contributed by atoms with E-state index in [2.05, 4.69) is 66.1 Å². The molecular weight excluding hydrogens is 266 g/mol. The topological polar surface area (TPSA) is 12.4 Å². The Morgan fingerprint density at radius 3 is 1.50 bits per heavy atom. The van der Waals surface area contributed by atoms with Gasteiger partial charge in [0.1, 0.15) is 0 Å². The van der Waals surface area contributed by atoms with Gasteiger partial charge in [0.05, 0.1) is 0 Å². The van der Waals surface area contributed by atoms with Gasteiger partial charge in [0.25, 0.3) is 0 Å². The third kappa shape index (κ3) is 42.7. The first-order chi connectivity index (χ1) is 10.2. The van der Waals surface area contributed by atoms with E-state index in [1.807, 2.05) is 33.9 Å². The van der Waals surface area contributed by atoms with Crippen LogP contribution in [0.2, 0.25) is 0 Å². The molecule has 0 bridgehead atoms. The van der Waals surface area contributed by atoms with Crippen molar-refractivity contribution in [1.29, 1.82) is 0 Å². The van der Waals surface area contributed by atoms with Gasteiger partial charge in [-0.3, -0.25) is 4.99 Å². The molecule has 134 valence electrons. The molecule has 0 aromatic heterocycles. The number of aliphatic imine (C=N–C) groups is 1. The third-order valence-corrected chi connectivity index (χ3v) is 2.57. The number of hydrogen-bond donors (Lipinski definition) is 0. The summed E-state index contributed by atoms with van der Waals surface area (Å²) < 4.78 is 0. The van der Waals surface area contributed by atoms with Crippen molar-refractivity contribution >= 4 is 6.21 Å². The van der Waals surface area contributed by atoms with Crippen LogP contribution in [0.25, 0.3) is 0 Å². The number of rotatable bonds is 5. The second-order valence-electron chi connectivity index (χ2n) is 5.77. The van der Waals surface area contributed by atoms with Crippen LogP contribution in [0.1, 0.15) is 89.0 Å². The Kier molecular flexibility index (Phi) is 33.3. The maximum absolute atomic E-state index is 3.97. The standard InChI is InChI=1S/C9H16.C5H11N.C5H12.C2H6/c1-7(2)6-9(5)8(3)4;1-3-5-6-4-2;1-4-5(2)3;1-2/h6-7H,3H2,1-2,4-5H3;5H,3-4H2,1-2H3;5H,4H2,1-3H3;1-2H3/b9-6-;;;. The zero-order valence-corrected chi connectivity index (χ0v) is 17.6. The molecule has 0 heterocycles. The van der Waals surface area contributed by atoms with E-state index < -0.39 is 0 Å². The second-order valence-corrected chi connectivity index (χ2v) is 5.77. The molecule has 0 radical (unpaired) electrons. The molecule has 0 fully saturated rings. The van der Waals surface area contributed by atoms with Crippen LogP contribution in [-0.2, 0) is 0 Å². The van der Waals surface area contributed by atoms with Crippen LogP contribution in [-0.4, -0.2) is 12.8 Å². The minimum atomic E-state index is 0.640. The van der Waals surface area contributed by atoms with Gasteiger partial charge in [-0.2, -0.15) is 0 Å². The quantitative estimate of drug-likeness (QED) is 0.364. The van der Waals surface area contributed by atoms with Gasteiger partial charge in [0.2, 0.25) is 0 Å². The molecule has 0 saturated heterocycles. The summed E-state index contributed by atoms with van der Waals surface area (Å²) in [5, 5.41) is 0. The minimum Gasteiger partial charge on any atom is -0.298 e. The van der Waals surface area contributed by atoms with Crippen molar-refractivity contribution in [3.8, 4) is 0 Å². The molecule has 1 heteroatoms. The summed E-state index contributed by atoms with van der Waals surface area (Å²) in [4.78, 5) is 3.97. The van der Waals surface area contributed by atoms with Gasteiger partial charge < -0.3 is 0 Å². The van der Waals surface area contributed by atoms with Crippen molar-refractivity contribution in [2.24, 2.45) is 16.8 Å². The Morgan fingerprint density at radius 2 is 1.41 bits per heavy atom. The molecule has 0 aliphatic rings. The normalized spacial score (nSPS) is 10.3. The molecule has 0 aromatic carbocycles. The van der Waals surface area contributed by atoms with Gasteiger partial charge in [-0.1, -0.05) is 85.6 Å². The van der Waals surface area contributed by atoms with Crippen molar-refractivity contribution < 1.29 is 0 Å². The monoisotopic (exact) mass is 311 g/mol. The lowest BCUT2D eigenvalue weighted by Gasteiger charge is -2.00. The van der Waals surface area contributed by atoms with Crippen molar-refractivity contribution in [2.45, 2.75) is 89.0 Å². The SMILES string of the molecule is C=C(C)/C(C)=C\C(C)C.CC.CCC(C)C.CCC=NCC. The number of hydrogen-bond acceptors (Lipinski definition) is 1. The maximum Gasteiger partial charge on any atom is 0.0357 e. The van der Waals surface area contributed by atoms with Crippen LogP contribution in [0, 0.1) is 11.8 Å². The van der Waals surface area contributed by atoms with E-state index in [-0.39, 0.29) is 0 Å². The molecule has 1 nitrogen and oxygen atoms in total. The summed E-state index contributed by atoms with van der Waals surface area (Å²) in [5.74, 6) is 1.52. The zero-order valence-electron chi connectivity index (χ0n) is 17.6. The van der Waals surface area contributed by atoms with E-state index in [9.17, 15) is 0 Å². The molecule has 0 aliphatic carbocycles. The Balaban J connectivity index is -0.000000109. The Hall–Kier alpha value is -0.850. The summed E-state index contributed by atoms with van der Waals surface area (Å²) in [6.07, 6.45) is 6.52. The van der Waals surface area contributed by atoms with Crippen molar-refractivity contribution in [3.05, 3.63) is 23.8 Å². The highest BCUT2D eigenvalue weighted by atomic mass is 14.7. The second kappa shape index (κ2) is 25.1. The summed E-state index contributed by atoms with van der Waals surface area (Å²) >= 11 is 0. The molecular formula is C21H45N. The average molecular weight is 312 g/mol. The molecule has 22 heavy (non-hydrogen) atoms. The smallest absolute Gasteiger partial charge is 0.0357 e. The fourth-order valence-electron chi connectivity index (χ4n) is 0.900. The molecule has 0 atom stereocenters. The largest absolute Gasteiger partial charge is 0.298 e. The van der Waals surface area contributed by atoms with Gasteiger partial charge in [-0.25, -0.2) is 0 Å². The Labute approximate surface area is 143 Å². The lowest BCUT2D eigenvalue weighted by atomic mass is 10.1. The fourth-order valence-corrected chi connectivity index (χ4v) is 0.900. The van der Waals surface area contributed by atoms with Crippen LogP contribution in [0.15, 0.2) is 28.8 Å². The molecule has 0 N–H and O–H groups in total.